The van der Waals surface area contributed by atoms with E-state index in [1.165, 1.54) is 138 Å². The van der Waals surface area contributed by atoms with Crippen molar-refractivity contribution in [3.05, 3.63) is 370 Å². The number of fused-ring (bicyclic) bond motifs is 12. The van der Waals surface area contributed by atoms with Crippen LogP contribution in [0.3, 0.4) is 0 Å². The van der Waals surface area contributed by atoms with Gasteiger partial charge in [0.25, 0.3) is 0 Å². The van der Waals surface area contributed by atoms with Crippen molar-refractivity contribution in [2.75, 3.05) is 13.7 Å². The van der Waals surface area contributed by atoms with E-state index in [9.17, 15) is 23.1 Å². The number of methoxy groups -OCH3 is 1. The van der Waals surface area contributed by atoms with Gasteiger partial charge in [0.1, 0.15) is 22.6 Å². The topological polar surface area (TPSA) is 55.8 Å². The summed E-state index contributed by atoms with van der Waals surface area (Å²) in [6.07, 6.45) is 0.473. The molecule has 0 saturated heterocycles. The molecule has 0 spiro atoms. The summed E-state index contributed by atoms with van der Waals surface area (Å²) in [6.45, 7) is 15.7. The van der Waals surface area contributed by atoms with Crippen molar-refractivity contribution < 1.29 is 27.8 Å². The van der Waals surface area contributed by atoms with E-state index in [4.69, 9.17) is 9.47 Å². The van der Waals surface area contributed by atoms with Crippen molar-refractivity contribution in [3.8, 4) is 41.7 Å². The van der Waals surface area contributed by atoms with E-state index in [0.717, 1.165) is 57.4 Å². The van der Waals surface area contributed by atoms with Crippen LogP contribution in [-0.4, -0.2) is 18.8 Å². The third kappa shape index (κ3) is 15.8. The normalized spacial score (nSPS) is 11.7. The molecule has 2 unspecified atom stereocenters. The second-order valence-electron chi connectivity index (χ2n) is 28.3. The fraction of sp³-hybridized carbons (Fsp3) is 0.139. The summed E-state index contributed by atoms with van der Waals surface area (Å²) in [6, 6.07) is 108. The lowest BCUT2D eigenvalue weighted by Crippen LogP contribution is -2.08. The molecule has 0 aliphatic carbocycles. The summed E-state index contributed by atoms with van der Waals surface area (Å²) in [5, 5.41) is 22.5. The van der Waals surface area contributed by atoms with Crippen LogP contribution in [0.4, 0.5) is 13.2 Å². The molecule has 0 bridgehead atoms. The number of hydrogen-bond donors (Lipinski definition) is 1. The summed E-state index contributed by atoms with van der Waals surface area (Å²) in [4.78, 5) is 19.2. The Balaban J connectivity index is 0.000000113. The van der Waals surface area contributed by atoms with Gasteiger partial charge in [-0.15, -0.1) is 0 Å². The van der Waals surface area contributed by atoms with Crippen LogP contribution >= 0.6 is 52.3 Å². The first-order valence-corrected chi connectivity index (χ1v) is 44.4. The molecule has 0 aliphatic heterocycles. The number of aryl methyl sites for hydroxylation is 6. The summed E-state index contributed by atoms with van der Waals surface area (Å²) in [5.41, 5.74) is 5.66. The highest BCUT2D eigenvalue weighted by molar-refractivity contribution is 7.51. The minimum Gasteiger partial charge on any atom is -0.507 e. The van der Waals surface area contributed by atoms with Crippen LogP contribution in [0.2, 0.25) is 0 Å². The number of aromatic hydroxyl groups is 1. The molecule has 0 fully saturated rings. The summed E-state index contributed by atoms with van der Waals surface area (Å²) in [5.74, 6) is 2.48. The molecule has 19 rings (SSSR count). The van der Waals surface area contributed by atoms with Crippen molar-refractivity contribution in [2.45, 2.75) is 80.3 Å². The molecule has 19 aromatic rings. The molecule has 113 heavy (non-hydrogen) atoms. The number of thiophene rings is 4. The summed E-state index contributed by atoms with van der Waals surface area (Å²) in [7, 11) is 1.16. The largest absolute Gasteiger partial charge is 0.507 e. The van der Waals surface area contributed by atoms with Crippen molar-refractivity contribution in [1.82, 2.24) is 0 Å². The van der Waals surface area contributed by atoms with Gasteiger partial charge in [-0.25, -0.2) is 0 Å². The number of ether oxygens (including phenoxy) is 2. The van der Waals surface area contributed by atoms with Crippen molar-refractivity contribution in [3.63, 3.8) is 0 Å². The third-order valence-corrected chi connectivity index (χ3v) is 31.9. The second kappa shape index (κ2) is 34.0. The Morgan fingerprint density at radius 1 is 0.327 bits per heavy atom. The maximum absolute atomic E-state index is 13.1. The van der Waals surface area contributed by atoms with Crippen molar-refractivity contribution in [1.29, 1.82) is 0 Å². The van der Waals surface area contributed by atoms with Gasteiger partial charge in [-0.1, -0.05) is 160 Å². The number of hydrogen-bond acceptors (Lipinski definition) is 4. The fourth-order valence-electron chi connectivity index (χ4n) is 15.4. The lowest BCUT2D eigenvalue weighted by Gasteiger charge is -2.12. The van der Waals surface area contributed by atoms with E-state index in [1.54, 1.807) is 19.2 Å². The van der Waals surface area contributed by atoms with Gasteiger partial charge in [-0.05, 0) is 221 Å². The molecular formula is C101H88F3O4S5+5. The highest BCUT2D eigenvalue weighted by Gasteiger charge is 2.34. The van der Waals surface area contributed by atoms with Crippen LogP contribution in [0.1, 0.15) is 71.6 Å². The molecule has 5 aromatic heterocycles. The molecule has 0 aliphatic rings. The van der Waals surface area contributed by atoms with Gasteiger partial charge in [-0.2, -0.15) is 13.2 Å². The Bertz CT molecular complexity index is 6510. The predicted octanol–water partition coefficient (Wildman–Crippen LogP) is 31.4. The van der Waals surface area contributed by atoms with E-state index in [0.29, 0.717) is 15.8 Å². The minimum absolute atomic E-state index is 0.0269. The summed E-state index contributed by atoms with van der Waals surface area (Å²) < 4.78 is 62.4. The number of rotatable bonds is 12. The van der Waals surface area contributed by atoms with Crippen LogP contribution in [0, 0.1) is 41.5 Å². The highest BCUT2D eigenvalue weighted by atomic mass is 32.2. The van der Waals surface area contributed by atoms with Crippen LogP contribution < -0.4 is 14.9 Å². The molecule has 4 nitrogen and oxygen atoms in total. The second-order valence-corrected chi connectivity index (χ2v) is 38.0. The number of alkyl halides is 3. The Kier molecular flexibility index (Phi) is 23.2. The Morgan fingerprint density at radius 3 is 1.07 bits per heavy atom. The number of unbranched alkanes of at least 4 members (excludes halogenated alkanes) is 3. The molecule has 562 valence electrons. The average molecular weight is 1580 g/mol. The first-order chi connectivity index (χ1) is 55.0. The SMILES string of the molecule is CCCCCCOc1c(C)cc(-[s+]2c3ccccc3c3ccccc32)cc1C.COc1c(C)cc(-[s+]2c3ccccc3c3ccccc32)cc1C.Cc1cc(-[s+]2c3ccccc3c3ccccc32)cc(C)c1O.O=c1c2ccccc2[s+](-c2ccccc2)c2ccc(C(F)(F)F)cc12.c1ccc(-[s+]2ccc3ccccc32)cc1. The van der Waals surface area contributed by atoms with Crippen molar-refractivity contribution in [2.24, 2.45) is 0 Å². The van der Waals surface area contributed by atoms with E-state index >= 15 is 0 Å². The lowest BCUT2D eigenvalue weighted by molar-refractivity contribution is -0.137. The summed E-state index contributed by atoms with van der Waals surface area (Å²) >= 11 is 0. The van der Waals surface area contributed by atoms with Crippen LogP contribution in [0.5, 0.6) is 17.2 Å². The first-order valence-electron chi connectivity index (χ1n) is 38.2. The zero-order valence-electron chi connectivity index (χ0n) is 64.5. The van der Waals surface area contributed by atoms with Crippen LogP contribution in [-0.2, 0) is 6.18 Å². The molecule has 12 heteroatoms. The molecule has 0 amide bonds. The number of phenolic OH excluding ortho intramolecular Hbond substituents is 1. The van der Waals surface area contributed by atoms with Crippen LogP contribution in [0.25, 0.3) is 115 Å². The van der Waals surface area contributed by atoms with E-state index in [1.807, 2.05) is 56.3 Å². The molecule has 0 radical (unpaired) electrons. The molecule has 0 saturated carbocycles. The lowest BCUT2D eigenvalue weighted by atomic mass is 10.1. The minimum atomic E-state index is -4.47. The first kappa shape index (κ1) is 77.1. The quantitative estimate of drug-likeness (QED) is 0.0752. The highest BCUT2D eigenvalue weighted by Crippen LogP contribution is 2.53. The monoisotopic (exact) mass is 1580 g/mol. The van der Waals surface area contributed by atoms with Gasteiger partial charge in [0.2, 0.25) is 5.43 Å². The van der Waals surface area contributed by atoms with Gasteiger partial charge in [0.05, 0.1) is 30.1 Å². The van der Waals surface area contributed by atoms with Gasteiger partial charge in [0.15, 0.2) is 66.8 Å². The van der Waals surface area contributed by atoms with Crippen LogP contribution in [0.15, 0.2) is 326 Å². The standard InChI is InChI=1S/C26H29OS.C21H19OS.C20H12F3OS.C20H16OS.C14H11S/c1-4-5-6-11-16-27-26-19(2)17-21(18-20(26)3)28-24-14-9-7-12-22(24)23-13-8-10-15-25(23)28;1-14-12-16(13-15(2)21(14)22-3)23-19-10-6-4-8-17(19)18-9-5-7-11-20(18)23;21-20(22,23)13-10-11-18-16(12-13)19(24)15-8-4-5-9-17(15)25(18)14-6-2-1-3-7-14;1-13-11-15(12-14(2)20(13)21)22-18-9-5-3-7-16(18)17-8-4-6-10-19(17)22;1-2-7-13(8-3-1)15-11-10-12-6-4-5-9-14(12)15/h7-10,12-15,17-18H,4-6,11,16H2,1-3H3;4-13H,1-3H3;1-12H;3-12H,1-2H3;1-11H/q3*+1;;+1/p+1. The number of phenols is 1. The Labute approximate surface area is 671 Å². The molecule has 5 heterocycles. The van der Waals surface area contributed by atoms with Gasteiger partial charge < -0.3 is 14.6 Å². The number of benzene rings is 14. The average Bonchev–Trinajstić information content (AvgIpc) is 1.73. The van der Waals surface area contributed by atoms with Crippen molar-refractivity contribution >= 4 is 143 Å². The van der Waals surface area contributed by atoms with E-state index in [2.05, 4.69) is 283 Å². The zero-order chi connectivity index (χ0) is 78.4. The molecule has 1 N–H and O–H groups in total. The molecular weight excluding hydrogens is 1490 g/mol. The smallest absolute Gasteiger partial charge is 0.416 e. The van der Waals surface area contributed by atoms with Gasteiger partial charge in [-0.3, -0.25) is 4.79 Å². The van der Waals surface area contributed by atoms with Gasteiger partial charge >= 0.3 is 6.18 Å². The van der Waals surface area contributed by atoms with E-state index < -0.39 is 22.2 Å². The molecule has 14 aromatic carbocycles. The van der Waals surface area contributed by atoms with E-state index in [-0.39, 0.29) is 52.7 Å². The van der Waals surface area contributed by atoms with Gasteiger partial charge in [0, 0.05) is 133 Å². The fourth-order valence-corrected chi connectivity index (χ4v) is 27.4. The third-order valence-electron chi connectivity index (χ3n) is 20.6. The number of halogens is 3. The maximum atomic E-state index is 13.1. The maximum Gasteiger partial charge on any atom is 0.416 e. The Morgan fingerprint density at radius 2 is 0.664 bits per heavy atom. The Hall–Kier alpha value is -11.2. The predicted molar refractivity (Wildman–Crippen MR) is 486 cm³/mol. The molecule has 2 atom stereocenters. The zero-order valence-corrected chi connectivity index (χ0v) is 68.6.